The van der Waals surface area contributed by atoms with Crippen LogP contribution in [0.25, 0.3) is 0 Å². The maximum Gasteiger partial charge on any atom is 0.238 e. The van der Waals surface area contributed by atoms with Crippen LogP contribution in [0.5, 0.6) is 0 Å². The van der Waals surface area contributed by atoms with Gasteiger partial charge in [0.1, 0.15) is 0 Å². The van der Waals surface area contributed by atoms with E-state index in [-0.39, 0.29) is 5.90 Å². The van der Waals surface area contributed by atoms with Gasteiger partial charge in [0, 0.05) is 0 Å². The molecule has 0 atom stereocenters. The zero-order valence-electron chi connectivity index (χ0n) is 8.86. The molecule has 4 nitrogen and oxygen atoms in total. The van der Waals surface area contributed by atoms with Crippen molar-refractivity contribution in [1.82, 2.24) is 0 Å². The first-order chi connectivity index (χ1) is 7.20. The normalized spacial score (nSPS) is 15.1. The van der Waals surface area contributed by atoms with Gasteiger partial charge >= 0.3 is 0 Å². The van der Waals surface area contributed by atoms with Crippen LogP contribution in [0.2, 0.25) is 0 Å². The lowest BCUT2D eigenvalue weighted by atomic mass is 10.1. The quantitative estimate of drug-likeness (QED) is 0.739. The summed E-state index contributed by atoms with van der Waals surface area (Å²) in [5.41, 5.74) is 3.34. The Bertz CT molecular complexity index is 402. The molecule has 1 radical (unpaired) electrons. The first kappa shape index (κ1) is 9.98. The molecule has 1 aliphatic rings. The summed E-state index contributed by atoms with van der Waals surface area (Å²) in [5.74, 6) is 0.259. The van der Waals surface area contributed by atoms with E-state index >= 15 is 0 Å². The van der Waals surface area contributed by atoms with Crippen molar-refractivity contribution in [2.75, 3.05) is 18.3 Å². The Morgan fingerprint density at radius 3 is 2.87 bits per heavy atom. The van der Waals surface area contributed by atoms with Crippen molar-refractivity contribution in [2.24, 2.45) is 5.10 Å². The van der Waals surface area contributed by atoms with Crippen LogP contribution < -0.4 is 5.01 Å². The molecule has 1 heterocycles. The molecular formula is C11H13N2O2. The van der Waals surface area contributed by atoms with Gasteiger partial charge in [-0.15, -0.1) is 5.10 Å². The minimum absolute atomic E-state index is 0.259. The van der Waals surface area contributed by atoms with Crippen molar-refractivity contribution in [3.63, 3.8) is 0 Å². The molecule has 0 aromatic heterocycles. The highest BCUT2D eigenvalue weighted by Gasteiger charge is 2.17. The van der Waals surface area contributed by atoms with E-state index in [2.05, 4.69) is 11.2 Å². The second-order valence-corrected chi connectivity index (χ2v) is 3.60. The number of anilines is 1. The van der Waals surface area contributed by atoms with Gasteiger partial charge in [-0.3, -0.25) is 0 Å². The van der Waals surface area contributed by atoms with Gasteiger partial charge in [-0.25, -0.2) is 10.1 Å². The average Bonchev–Trinajstić information content (AvgIpc) is 2.66. The summed E-state index contributed by atoms with van der Waals surface area (Å²) in [6, 6.07) is 6.10. The van der Waals surface area contributed by atoms with Crippen LogP contribution >= 0.6 is 0 Å². The Balaban J connectivity index is 2.27. The molecule has 0 bridgehead atoms. The highest BCUT2D eigenvalue weighted by Crippen LogP contribution is 2.23. The van der Waals surface area contributed by atoms with E-state index in [1.807, 2.05) is 26.0 Å². The van der Waals surface area contributed by atoms with Gasteiger partial charge in [-0.05, 0) is 25.5 Å². The minimum Gasteiger partial charge on any atom is -0.455 e. The largest absolute Gasteiger partial charge is 0.455 e. The number of hydrazone groups is 1. The smallest absolute Gasteiger partial charge is 0.238 e. The number of ether oxygens (including phenoxy) is 1. The Labute approximate surface area is 88.8 Å². The fourth-order valence-corrected chi connectivity index (χ4v) is 1.62. The van der Waals surface area contributed by atoms with Gasteiger partial charge < -0.3 is 4.74 Å². The second-order valence-electron chi connectivity index (χ2n) is 3.60. The lowest BCUT2D eigenvalue weighted by Gasteiger charge is -2.14. The summed E-state index contributed by atoms with van der Waals surface area (Å²) in [6.07, 6.45) is 0. The molecule has 0 spiro atoms. The van der Waals surface area contributed by atoms with Crippen molar-refractivity contribution < 1.29 is 9.84 Å². The van der Waals surface area contributed by atoms with Gasteiger partial charge in [0.2, 0.25) is 5.90 Å². The van der Waals surface area contributed by atoms with Gasteiger partial charge in [-0.2, -0.15) is 0 Å². The fourth-order valence-electron chi connectivity index (χ4n) is 1.62. The number of hydrogen-bond donors (Lipinski definition) is 0. The average molecular weight is 205 g/mol. The molecule has 79 valence electrons. The first-order valence-corrected chi connectivity index (χ1v) is 4.84. The zero-order valence-corrected chi connectivity index (χ0v) is 8.86. The third-order valence-corrected chi connectivity index (χ3v) is 2.34. The maximum absolute atomic E-state index is 10.6. The maximum atomic E-state index is 10.6. The van der Waals surface area contributed by atoms with E-state index in [1.54, 1.807) is 5.01 Å². The van der Waals surface area contributed by atoms with E-state index < -0.39 is 6.61 Å². The third kappa shape index (κ3) is 1.94. The number of benzene rings is 1. The standard InChI is InChI=1S/C11H13N2O2/c1-8-3-4-10(9(2)5-8)13-7-15-11(6-14)12-13/h3-5H,6-7H2,1-2H3. The second kappa shape index (κ2) is 3.90. The van der Waals surface area contributed by atoms with Crippen LogP contribution in [0.4, 0.5) is 5.69 Å². The van der Waals surface area contributed by atoms with E-state index in [9.17, 15) is 5.11 Å². The zero-order chi connectivity index (χ0) is 10.8. The molecule has 0 unspecified atom stereocenters. The van der Waals surface area contributed by atoms with Crippen molar-refractivity contribution in [3.8, 4) is 0 Å². The summed E-state index contributed by atoms with van der Waals surface area (Å²) in [7, 11) is 0. The van der Waals surface area contributed by atoms with Crippen LogP contribution in [0.3, 0.4) is 0 Å². The van der Waals surface area contributed by atoms with Gasteiger partial charge in [0.25, 0.3) is 0 Å². The topological polar surface area (TPSA) is 44.7 Å². The molecule has 1 aliphatic heterocycles. The van der Waals surface area contributed by atoms with Crippen LogP contribution in [-0.2, 0) is 9.84 Å². The highest BCUT2D eigenvalue weighted by atomic mass is 16.5. The van der Waals surface area contributed by atoms with E-state index in [0.717, 1.165) is 11.3 Å². The van der Waals surface area contributed by atoms with Crippen molar-refractivity contribution in [2.45, 2.75) is 13.8 Å². The van der Waals surface area contributed by atoms with Crippen LogP contribution in [0.1, 0.15) is 11.1 Å². The number of rotatable bonds is 2. The predicted molar refractivity (Wildman–Crippen MR) is 57.3 cm³/mol. The van der Waals surface area contributed by atoms with Crippen molar-refractivity contribution in [1.29, 1.82) is 0 Å². The lowest BCUT2D eigenvalue weighted by Crippen LogP contribution is -2.14. The SMILES string of the molecule is Cc1ccc(N2COC(C[O])=N2)c(C)c1. The molecule has 0 saturated carbocycles. The molecule has 2 rings (SSSR count). The Hall–Kier alpha value is -1.55. The summed E-state index contributed by atoms with van der Waals surface area (Å²) in [4.78, 5) is 0. The first-order valence-electron chi connectivity index (χ1n) is 4.84. The molecule has 1 aromatic carbocycles. The Morgan fingerprint density at radius 2 is 2.27 bits per heavy atom. The van der Waals surface area contributed by atoms with Gasteiger partial charge in [0.15, 0.2) is 13.3 Å². The number of hydrogen-bond acceptors (Lipinski definition) is 3. The number of aryl methyl sites for hydroxylation is 2. The summed E-state index contributed by atoms with van der Waals surface area (Å²) in [5, 5.41) is 16.4. The van der Waals surface area contributed by atoms with Crippen LogP contribution in [0, 0.1) is 13.8 Å². The van der Waals surface area contributed by atoms with Gasteiger partial charge in [0.05, 0.1) is 5.69 Å². The fraction of sp³-hybridized carbons (Fsp3) is 0.364. The Kier molecular flexibility index (Phi) is 2.60. The molecule has 1 aromatic rings. The monoisotopic (exact) mass is 205 g/mol. The Morgan fingerprint density at radius 1 is 1.47 bits per heavy atom. The molecule has 0 amide bonds. The third-order valence-electron chi connectivity index (χ3n) is 2.34. The van der Waals surface area contributed by atoms with E-state index in [0.29, 0.717) is 6.73 Å². The van der Waals surface area contributed by atoms with Crippen molar-refractivity contribution >= 4 is 11.6 Å². The molecule has 0 aliphatic carbocycles. The lowest BCUT2D eigenvalue weighted by molar-refractivity contribution is 0.211. The number of nitrogens with zero attached hydrogens (tertiary/aromatic N) is 2. The van der Waals surface area contributed by atoms with Gasteiger partial charge in [-0.1, -0.05) is 17.7 Å². The summed E-state index contributed by atoms with van der Waals surface area (Å²) in [6.45, 7) is 4.00. The van der Waals surface area contributed by atoms with E-state index in [1.165, 1.54) is 5.56 Å². The van der Waals surface area contributed by atoms with Crippen LogP contribution in [0.15, 0.2) is 23.3 Å². The predicted octanol–water partition coefficient (Wildman–Crippen LogP) is 1.84. The molecule has 0 saturated heterocycles. The highest BCUT2D eigenvalue weighted by molar-refractivity contribution is 5.80. The molecule has 0 N–H and O–H groups in total. The van der Waals surface area contributed by atoms with E-state index in [4.69, 9.17) is 4.74 Å². The van der Waals surface area contributed by atoms with Crippen LogP contribution in [-0.4, -0.2) is 19.2 Å². The van der Waals surface area contributed by atoms with Crippen molar-refractivity contribution in [3.05, 3.63) is 29.3 Å². The summed E-state index contributed by atoms with van der Waals surface area (Å²) >= 11 is 0. The minimum atomic E-state index is -0.401. The molecule has 15 heavy (non-hydrogen) atoms. The molecular weight excluding hydrogens is 192 g/mol. The molecule has 4 heteroatoms. The summed E-state index contributed by atoms with van der Waals surface area (Å²) < 4.78 is 5.12. The molecule has 0 fully saturated rings.